The van der Waals surface area contributed by atoms with Gasteiger partial charge in [-0.1, -0.05) is 23.5 Å². The van der Waals surface area contributed by atoms with Crippen molar-refractivity contribution >= 4 is 39.0 Å². The first-order valence-corrected chi connectivity index (χ1v) is 12.4. The molecule has 5 rings (SSSR count). The number of anilines is 4. The monoisotopic (exact) mass is 498 g/mol. The van der Waals surface area contributed by atoms with Gasteiger partial charge < -0.3 is 19.9 Å². The lowest BCUT2D eigenvalue weighted by Crippen LogP contribution is -2.48. The molecule has 12 heteroatoms. The van der Waals surface area contributed by atoms with Gasteiger partial charge >= 0.3 is 0 Å². The standard InChI is InChI=1S/C23H27FN8O2S/c1-2-34-20(15-5-3-6-18(11-15)32-12-16(24)13-32)21(33)27-23-30-29-22(35-23)26-17-8-10-31(14-17)19-7-4-9-25-28-19/h3-7,9,11,16-17,20H,2,8,10,12-14H2,1H3,(H,26,29)(H,27,30,33)/t17-,20?/m1/s1. The van der Waals surface area contributed by atoms with Crippen LogP contribution in [-0.4, -0.2) is 71.3 Å². The molecule has 2 aliphatic rings. The van der Waals surface area contributed by atoms with E-state index in [2.05, 4.69) is 35.9 Å². The Bertz CT molecular complexity index is 1140. The minimum absolute atomic E-state index is 0.192. The number of hydrogen-bond donors (Lipinski definition) is 2. The molecule has 2 aromatic heterocycles. The summed E-state index contributed by atoms with van der Waals surface area (Å²) in [6.45, 7) is 4.60. The highest BCUT2D eigenvalue weighted by molar-refractivity contribution is 7.19. The first kappa shape index (κ1) is 23.4. The lowest BCUT2D eigenvalue weighted by atomic mass is 10.1. The van der Waals surface area contributed by atoms with Crippen molar-refractivity contribution in [3.05, 3.63) is 48.2 Å². The van der Waals surface area contributed by atoms with Gasteiger partial charge in [-0.15, -0.1) is 15.3 Å². The number of ether oxygens (including phenoxy) is 1. The second-order valence-corrected chi connectivity index (χ2v) is 9.47. The van der Waals surface area contributed by atoms with Gasteiger partial charge in [0.25, 0.3) is 5.91 Å². The van der Waals surface area contributed by atoms with Crippen LogP contribution in [0.5, 0.6) is 0 Å². The molecule has 2 aliphatic heterocycles. The third-order valence-electron chi connectivity index (χ3n) is 6.00. The molecule has 1 unspecified atom stereocenters. The van der Waals surface area contributed by atoms with Crippen LogP contribution in [0.3, 0.4) is 0 Å². The maximum Gasteiger partial charge on any atom is 0.259 e. The molecule has 0 saturated carbocycles. The summed E-state index contributed by atoms with van der Waals surface area (Å²) in [6, 6.07) is 11.5. The third kappa shape index (κ3) is 5.49. The highest BCUT2D eigenvalue weighted by Gasteiger charge is 2.29. The van der Waals surface area contributed by atoms with Crippen LogP contribution in [0, 0.1) is 0 Å². The van der Waals surface area contributed by atoms with Gasteiger partial charge in [0.2, 0.25) is 10.3 Å². The Hall–Kier alpha value is -3.38. The van der Waals surface area contributed by atoms with E-state index in [1.165, 1.54) is 11.3 Å². The molecule has 3 aromatic rings. The Balaban J connectivity index is 1.19. The number of aromatic nitrogens is 4. The highest BCUT2D eigenvalue weighted by Crippen LogP contribution is 2.29. The topological polar surface area (TPSA) is 108 Å². The number of nitrogens with zero attached hydrogens (tertiary/aromatic N) is 6. The van der Waals surface area contributed by atoms with Crippen LogP contribution in [0.1, 0.15) is 25.0 Å². The zero-order valence-corrected chi connectivity index (χ0v) is 20.1. The van der Waals surface area contributed by atoms with Gasteiger partial charge in [-0.2, -0.15) is 5.10 Å². The maximum atomic E-state index is 13.3. The largest absolute Gasteiger partial charge is 0.366 e. The van der Waals surface area contributed by atoms with Gasteiger partial charge in [-0.05, 0) is 43.2 Å². The Labute approximate surface area is 206 Å². The Morgan fingerprint density at radius 1 is 1.17 bits per heavy atom. The predicted molar refractivity (Wildman–Crippen MR) is 133 cm³/mol. The minimum atomic E-state index is -0.807. The van der Waals surface area contributed by atoms with E-state index in [1.54, 1.807) is 6.20 Å². The van der Waals surface area contributed by atoms with Gasteiger partial charge in [0.05, 0.1) is 13.1 Å². The van der Waals surface area contributed by atoms with Crippen molar-refractivity contribution in [1.29, 1.82) is 0 Å². The summed E-state index contributed by atoms with van der Waals surface area (Å²) in [5.74, 6) is 0.528. The molecule has 0 bridgehead atoms. The number of nitrogens with one attached hydrogen (secondary N) is 2. The molecule has 4 heterocycles. The molecule has 35 heavy (non-hydrogen) atoms. The van der Waals surface area contributed by atoms with Crippen molar-refractivity contribution in [1.82, 2.24) is 20.4 Å². The van der Waals surface area contributed by atoms with Crippen molar-refractivity contribution in [2.45, 2.75) is 31.7 Å². The van der Waals surface area contributed by atoms with E-state index in [9.17, 15) is 9.18 Å². The average Bonchev–Trinajstić information content (AvgIpc) is 3.51. The van der Waals surface area contributed by atoms with Crippen LogP contribution >= 0.6 is 11.3 Å². The number of rotatable bonds is 9. The predicted octanol–water partition coefficient (Wildman–Crippen LogP) is 2.89. The van der Waals surface area contributed by atoms with Crippen molar-refractivity contribution in [2.24, 2.45) is 0 Å². The summed E-state index contributed by atoms with van der Waals surface area (Å²) < 4.78 is 19.0. The van der Waals surface area contributed by atoms with Gasteiger partial charge in [-0.3, -0.25) is 10.1 Å². The van der Waals surface area contributed by atoms with Crippen LogP contribution in [-0.2, 0) is 9.53 Å². The fourth-order valence-electron chi connectivity index (χ4n) is 4.24. The van der Waals surface area contributed by atoms with Crippen LogP contribution in [0.4, 0.5) is 26.2 Å². The molecule has 0 radical (unpaired) electrons. The van der Waals surface area contributed by atoms with Gasteiger partial charge in [0.1, 0.15) is 6.17 Å². The number of hydrogen-bond acceptors (Lipinski definition) is 10. The molecule has 2 N–H and O–H groups in total. The molecular formula is C23H27FN8O2S. The molecule has 184 valence electrons. The quantitative estimate of drug-likeness (QED) is 0.460. The second kappa shape index (κ2) is 10.5. The van der Waals surface area contributed by atoms with Crippen molar-refractivity contribution in [3.8, 4) is 0 Å². The fourth-order valence-corrected chi connectivity index (χ4v) is 4.96. The van der Waals surface area contributed by atoms with Crippen LogP contribution in [0.2, 0.25) is 0 Å². The fraction of sp³-hybridized carbons (Fsp3) is 0.435. The first-order chi connectivity index (χ1) is 17.1. The SMILES string of the molecule is CCOC(C(=O)Nc1nnc(N[C@@H]2CCN(c3cccnn3)C2)s1)c1cccc(N2CC(F)C2)c1. The summed E-state index contributed by atoms with van der Waals surface area (Å²) in [5, 5.41) is 23.7. The van der Waals surface area contributed by atoms with Crippen molar-refractivity contribution in [2.75, 3.05) is 53.2 Å². The number of halogens is 1. The molecule has 1 amide bonds. The molecule has 2 atom stereocenters. The third-order valence-corrected chi connectivity index (χ3v) is 6.77. The van der Waals surface area contributed by atoms with Crippen molar-refractivity contribution < 1.29 is 13.9 Å². The van der Waals surface area contributed by atoms with E-state index >= 15 is 0 Å². The highest BCUT2D eigenvalue weighted by atomic mass is 32.1. The Kier molecular flexibility index (Phi) is 7.00. The maximum absolute atomic E-state index is 13.3. The van der Waals surface area contributed by atoms with E-state index in [0.717, 1.165) is 31.0 Å². The van der Waals surface area contributed by atoms with E-state index < -0.39 is 12.3 Å². The molecule has 0 aliphatic carbocycles. The molecule has 2 fully saturated rings. The zero-order chi connectivity index (χ0) is 24.2. The van der Waals surface area contributed by atoms with Gasteiger partial charge in [0, 0.05) is 37.6 Å². The second-order valence-electron chi connectivity index (χ2n) is 8.49. The zero-order valence-electron chi connectivity index (χ0n) is 19.3. The van der Waals surface area contributed by atoms with E-state index in [4.69, 9.17) is 4.74 Å². The number of alkyl halides is 1. The molecule has 2 saturated heterocycles. The summed E-state index contributed by atoms with van der Waals surface area (Å²) in [5.41, 5.74) is 1.59. The molecular weight excluding hydrogens is 471 g/mol. The summed E-state index contributed by atoms with van der Waals surface area (Å²) in [4.78, 5) is 17.2. The van der Waals surface area contributed by atoms with E-state index in [1.807, 2.05) is 48.2 Å². The smallest absolute Gasteiger partial charge is 0.259 e. The van der Waals surface area contributed by atoms with Crippen LogP contribution in [0.25, 0.3) is 0 Å². The van der Waals surface area contributed by atoms with E-state index in [0.29, 0.717) is 35.5 Å². The van der Waals surface area contributed by atoms with Gasteiger partial charge in [-0.25, -0.2) is 4.39 Å². The Morgan fingerprint density at radius 3 is 2.80 bits per heavy atom. The first-order valence-electron chi connectivity index (χ1n) is 11.6. The normalized spacial score (nSPS) is 18.9. The summed E-state index contributed by atoms with van der Waals surface area (Å²) in [6.07, 6.45) is 0.981. The number of carbonyl (C=O) groups is 1. The minimum Gasteiger partial charge on any atom is -0.366 e. The van der Waals surface area contributed by atoms with Crippen LogP contribution < -0.4 is 20.4 Å². The van der Waals surface area contributed by atoms with Crippen LogP contribution in [0.15, 0.2) is 42.6 Å². The lowest BCUT2D eigenvalue weighted by Gasteiger charge is -2.36. The lowest BCUT2D eigenvalue weighted by molar-refractivity contribution is -0.127. The number of carbonyl (C=O) groups excluding carboxylic acids is 1. The summed E-state index contributed by atoms with van der Waals surface area (Å²) >= 11 is 1.28. The molecule has 10 nitrogen and oxygen atoms in total. The number of amides is 1. The van der Waals surface area contributed by atoms with Crippen molar-refractivity contribution in [3.63, 3.8) is 0 Å². The van der Waals surface area contributed by atoms with Gasteiger partial charge in [0.15, 0.2) is 11.9 Å². The average molecular weight is 499 g/mol. The number of benzene rings is 1. The Morgan fingerprint density at radius 2 is 2.03 bits per heavy atom. The molecule has 1 aromatic carbocycles. The summed E-state index contributed by atoms with van der Waals surface area (Å²) in [7, 11) is 0. The molecule has 0 spiro atoms. The van der Waals surface area contributed by atoms with E-state index in [-0.39, 0.29) is 11.9 Å².